The summed E-state index contributed by atoms with van der Waals surface area (Å²) in [7, 11) is -3.73. The molecule has 0 bridgehead atoms. The maximum atomic E-state index is 12.4. The van der Waals surface area contributed by atoms with Gasteiger partial charge in [-0.25, -0.2) is 13.4 Å². The first-order valence-electron chi connectivity index (χ1n) is 9.32. The van der Waals surface area contributed by atoms with Crippen LogP contribution in [0, 0.1) is 6.92 Å². The smallest absolute Gasteiger partial charge is 0.263 e. The number of nitrogens with one attached hydrogen (secondary N) is 2. The lowest BCUT2D eigenvalue weighted by Crippen LogP contribution is -2.14. The zero-order valence-electron chi connectivity index (χ0n) is 16.1. The number of pyridine rings is 1. The quantitative estimate of drug-likeness (QED) is 0.585. The number of hydrogen-bond donors (Lipinski definition) is 2. The number of nitrogens with zero attached hydrogens (tertiary/aromatic N) is 1. The molecule has 0 fully saturated rings. The fourth-order valence-corrected chi connectivity index (χ4v) is 3.78. The highest BCUT2D eigenvalue weighted by Crippen LogP contribution is 2.17. The van der Waals surface area contributed by atoms with Crippen LogP contribution in [0.3, 0.4) is 0 Å². The van der Waals surface area contributed by atoms with Crippen LogP contribution >= 0.6 is 0 Å². The Hall–Kier alpha value is -3.19. The maximum Gasteiger partial charge on any atom is 0.263 e. The van der Waals surface area contributed by atoms with Gasteiger partial charge in [0, 0.05) is 18.3 Å². The highest BCUT2D eigenvalue weighted by Gasteiger charge is 2.14. The summed E-state index contributed by atoms with van der Waals surface area (Å²) in [6.45, 7) is 2.04. The minimum absolute atomic E-state index is 0.0977. The molecule has 1 heterocycles. The van der Waals surface area contributed by atoms with Gasteiger partial charge in [-0.1, -0.05) is 35.9 Å². The average molecular weight is 410 g/mol. The number of aryl methyl sites for hydroxylation is 2. The van der Waals surface area contributed by atoms with Crippen LogP contribution in [-0.2, 0) is 21.2 Å². The van der Waals surface area contributed by atoms with E-state index in [4.69, 9.17) is 0 Å². The molecular weight excluding hydrogens is 386 g/mol. The molecule has 29 heavy (non-hydrogen) atoms. The molecule has 7 heteroatoms. The Labute approximate surface area is 171 Å². The zero-order valence-corrected chi connectivity index (χ0v) is 16.9. The highest BCUT2D eigenvalue weighted by atomic mass is 32.2. The molecule has 0 aliphatic heterocycles. The summed E-state index contributed by atoms with van der Waals surface area (Å²) >= 11 is 0. The third-order valence-corrected chi connectivity index (χ3v) is 5.71. The topological polar surface area (TPSA) is 88.2 Å². The lowest BCUT2D eigenvalue weighted by Gasteiger charge is -2.09. The van der Waals surface area contributed by atoms with Crippen molar-refractivity contribution in [3.05, 3.63) is 84.1 Å². The van der Waals surface area contributed by atoms with E-state index in [1.165, 1.54) is 29.5 Å². The van der Waals surface area contributed by atoms with E-state index in [9.17, 15) is 13.2 Å². The zero-order chi connectivity index (χ0) is 20.7. The van der Waals surface area contributed by atoms with Gasteiger partial charge in [0.25, 0.3) is 10.0 Å². The summed E-state index contributed by atoms with van der Waals surface area (Å²) in [5, 5.41) is 2.80. The highest BCUT2D eigenvalue weighted by molar-refractivity contribution is 7.92. The van der Waals surface area contributed by atoms with Gasteiger partial charge in [0.2, 0.25) is 5.91 Å². The van der Waals surface area contributed by atoms with Crippen molar-refractivity contribution in [2.75, 3.05) is 10.0 Å². The van der Waals surface area contributed by atoms with Crippen molar-refractivity contribution in [3.63, 3.8) is 0 Å². The standard InChI is InChI=1S/C22H23N3O3S/c1-17-8-10-18(11-9-17)5-4-7-22(26)24-19-12-14-20(15-13-19)29(27,28)25-21-6-2-3-16-23-21/h2-3,6,8-16H,4-5,7H2,1H3,(H,23,25)(H,24,26). The van der Waals surface area contributed by atoms with E-state index in [-0.39, 0.29) is 16.6 Å². The van der Waals surface area contributed by atoms with Gasteiger partial charge in [0.15, 0.2) is 0 Å². The number of anilines is 2. The van der Waals surface area contributed by atoms with Gasteiger partial charge in [0.05, 0.1) is 4.90 Å². The van der Waals surface area contributed by atoms with Crippen molar-refractivity contribution in [2.24, 2.45) is 0 Å². The van der Waals surface area contributed by atoms with Crippen LogP contribution in [0.5, 0.6) is 0 Å². The lowest BCUT2D eigenvalue weighted by molar-refractivity contribution is -0.116. The van der Waals surface area contributed by atoms with Gasteiger partial charge in [-0.3, -0.25) is 9.52 Å². The van der Waals surface area contributed by atoms with Gasteiger partial charge < -0.3 is 5.32 Å². The van der Waals surface area contributed by atoms with E-state index < -0.39 is 10.0 Å². The summed E-state index contributed by atoms with van der Waals surface area (Å²) in [5.74, 6) is 0.151. The Morgan fingerprint density at radius 1 is 0.966 bits per heavy atom. The van der Waals surface area contributed by atoms with Gasteiger partial charge >= 0.3 is 0 Å². The van der Waals surface area contributed by atoms with Crippen molar-refractivity contribution in [3.8, 4) is 0 Å². The largest absolute Gasteiger partial charge is 0.326 e. The molecule has 3 rings (SSSR count). The van der Waals surface area contributed by atoms with E-state index in [0.29, 0.717) is 12.1 Å². The summed E-state index contributed by atoms with van der Waals surface area (Å²) in [6.07, 6.45) is 3.49. The van der Waals surface area contributed by atoms with Crippen molar-refractivity contribution in [2.45, 2.75) is 31.1 Å². The molecule has 0 aliphatic rings. The number of benzene rings is 2. The number of aromatic nitrogens is 1. The molecule has 1 aromatic heterocycles. The summed E-state index contributed by atoms with van der Waals surface area (Å²) in [5.41, 5.74) is 2.98. The number of hydrogen-bond acceptors (Lipinski definition) is 4. The molecule has 6 nitrogen and oxygen atoms in total. The van der Waals surface area contributed by atoms with E-state index in [2.05, 4.69) is 39.3 Å². The predicted molar refractivity (Wildman–Crippen MR) is 114 cm³/mol. The van der Waals surface area contributed by atoms with Crippen molar-refractivity contribution < 1.29 is 13.2 Å². The fraction of sp³-hybridized carbons (Fsp3) is 0.182. The van der Waals surface area contributed by atoms with E-state index in [0.717, 1.165) is 12.8 Å². The molecule has 2 N–H and O–H groups in total. The molecule has 150 valence electrons. The first-order valence-corrected chi connectivity index (χ1v) is 10.8. The monoisotopic (exact) mass is 409 g/mol. The molecule has 0 radical (unpaired) electrons. The van der Waals surface area contributed by atoms with Gasteiger partial charge in [0.1, 0.15) is 5.82 Å². The fourth-order valence-electron chi connectivity index (χ4n) is 2.77. The summed E-state index contributed by atoms with van der Waals surface area (Å²) in [4.78, 5) is 16.2. The van der Waals surface area contributed by atoms with Crippen molar-refractivity contribution in [1.29, 1.82) is 0 Å². The first-order chi connectivity index (χ1) is 13.9. The van der Waals surface area contributed by atoms with Crippen LogP contribution in [0.15, 0.2) is 77.8 Å². The first kappa shape index (κ1) is 20.5. The maximum absolute atomic E-state index is 12.4. The Morgan fingerprint density at radius 3 is 2.34 bits per heavy atom. The SMILES string of the molecule is Cc1ccc(CCCC(=O)Nc2ccc(S(=O)(=O)Nc3ccccn3)cc2)cc1. The number of carbonyl (C=O) groups excluding carboxylic acids is 1. The second kappa shape index (κ2) is 9.34. The second-order valence-corrected chi connectivity index (χ2v) is 8.41. The second-order valence-electron chi connectivity index (χ2n) is 6.73. The molecule has 3 aromatic rings. The Balaban J connectivity index is 1.51. The predicted octanol–water partition coefficient (Wildman–Crippen LogP) is 4.15. The van der Waals surface area contributed by atoms with Crippen LogP contribution in [-0.4, -0.2) is 19.3 Å². The van der Waals surface area contributed by atoms with E-state index in [1.807, 2.05) is 6.92 Å². The van der Waals surface area contributed by atoms with Gasteiger partial charge in [-0.15, -0.1) is 0 Å². The molecular formula is C22H23N3O3S. The molecule has 0 unspecified atom stereocenters. The average Bonchev–Trinajstić information content (AvgIpc) is 2.70. The molecule has 2 aromatic carbocycles. The number of rotatable bonds is 8. The minimum Gasteiger partial charge on any atom is -0.326 e. The molecule has 0 aliphatic carbocycles. The number of carbonyl (C=O) groups is 1. The van der Waals surface area contributed by atoms with Crippen molar-refractivity contribution in [1.82, 2.24) is 4.98 Å². The normalized spacial score (nSPS) is 11.1. The van der Waals surface area contributed by atoms with Crippen LogP contribution in [0.4, 0.5) is 11.5 Å². The lowest BCUT2D eigenvalue weighted by atomic mass is 10.1. The summed E-state index contributed by atoms with van der Waals surface area (Å²) < 4.78 is 27.2. The molecule has 0 atom stereocenters. The van der Waals surface area contributed by atoms with Crippen LogP contribution in [0.25, 0.3) is 0 Å². The van der Waals surface area contributed by atoms with Crippen LogP contribution < -0.4 is 10.0 Å². The van der Waals surface area contributed by atoms with E-state index in [1.54, 1.807) is 30.3 Å². The molecule has 1 amide bonds. The minimum atomic E-state index is -3.73. The van der Waals surface area contributed by atoms with Gasteiger partial charge in [-0.05, 0) is 61.7 Å². The Morgan fingerprint density at radius 2 is 1.69 bits per heavy atom. The third kappa shape index (κ3) is 6.15. The Kier molecular flexibility index (Phi) is 6.61. The summed E-state index contributed by atoms with van der Waals surface area (Å²) in [6, 6.07) is 19.3. The van der Waals surface area contributed by atoms with E-state index >= 15 is 0 Å². The van der Waals surface area contributed by atoms with Crippen LogP contribution in [0.2, 0.25) is 0 Å². The number of amides is 1. The number of sulfonamides is 1. The van der Waals surface area contributed by atoms with Crippen molar-refractivity contribution >= 4 is 27.4 Å². The molecule has 0 spiro atoms. The molecule has 0 saturated heterocycles. The third-order valence-electron chi connectivity index (χ3n) is 4.34. The van der Waals surface area contributed by atoms with Gasteiger partial charge in [-0.2, -0.15) is 0 Å². The Bertz CT molecular complexity index is 1050. The molecule has 0 saturated carbocycles. The van der Waals surface area contributed by atoms with Crippen LogP contribution in [0.1, 0.15) is 24.0 Å².